The van der Waals surface area contributed by atoms with Crippen LogP contribution < -0.4 is 10.6 Å². The average molecular weight is 223 g/mol. The molecular formula is C11H17N3O2. The number of hydrogen-bond donors (Lipinski definition) is 2. The van der Waals surface area contributed by atoms with Crippen LogP contribution in [0.1, 0.15) is 30.9 Å². The maximum Gasteiger partial charge on any atom is 0.237 e. The molecule has 1 aliphatic rings. The number of amides is 1. The van der Waals surface area contributed by atoms with Gasteiger partial charge >= 0.3 is 0 Å². The van der Waals surface area contributed by atoms with Crippen molar-refractivity contribution in [2.45, 2.75) is 38.8 Å². The molecule has 1 aliphatic heterocycles. The molecular weight excluding hydrogens is 206 g/mol. The number of hydrogen-bond acceptors (Lipinski definition) is 4. The molecule has 0 aromatic carbocycles. The van der Waals surface area contributed by atoms with Crippen LogP contribution in [0.4, 0.5) is 0 Å². The lowest BCUT2D eigenvalue weighted by Gasteiger charge is -2.22. The molecule has 0 aliphatic carbocycles. The first-order valence-electron chi connectivity index (χ1n) is 5.68. The van der Waals surface area contributed by atoms with Crippen molar-refractivity contribution < 1.29 is 9.21 Å². The average Bonchev–Trinajstić information content (AvgIpc) is 2.73. The Morgan fingerprint density at radius 2 is 2.56 bits per heavy atom. The summed E-state index contributed by atoms with van der Waals surface area (Å²) in [5, 5.41) is 6.02. The molecule has 1 fully saturated rings. The molecule has 1 saturated heterocycles. The fourth-order valence-electron chi connectivity index (χ4n) is 1.84. The van der Waals surface area contributed by atoms with Crippen LogP contribution >= 0.6 is 0 Å². The van der Waals surface area contributed by atoms with Crippen LogP contribution in [0.15, 0.2) is 10.6 Å². The summed E-state index contributed by atoms with van der Waals surface area (Å²) in [6.07, 6.45) is 4.84. The van der Waals surface area contributed by atoms with Crippen LogP contribution in [0, 0.1) is 6.92 Å². The van der Waals surface area contributed by atoms with Gasteiger partial charge in [0.2, 0.25) is 11.8 Å². The topological polar surface area (TPSA) is 67.2 Å². The smallest absolute Gasteiger partial charge is 0.237 e. The van der Waals surface area contributed by atoms with E-state index in [4.69, 9.17) is 4.42 Å². The van der Waals surface area contributed by atoms with Gasteiger partial charge in [-0.05, 0) is 26.3 Å². The number of aromatic nitrogens is 1. The van der Waals surface area contributed by atoms with Crippen LogP contribution in [0.5, 0.6) is 0 Å². The molecule has 5 heteroatoms. The van der Waals surface area contributed by atoms with Crippen LogP contribution in [0.25, 0.3) is 0 Å². The third kappa shape index (κ3) is 2.82. The van der Waals surface area contributed by atoms with Crippen molar-refractivity contribution in [2.24, 2.45) is 0 Å². The van der Waals surface area contributed by atoms with Crippen molar-refractivity contribution >= 4 is 5.91 Å². The predicted octanol–water partition coefficient (Wildman–Crippen LogP) is 0.741. The third-order valence-corrected chi connectivity index (χ3v) is 2.71. The Bertz CT molecular complexity index is 356. The zero-order chi connectivity index (χ0) is 11.4. The lowest BCUT2D eigenvalue weighted by atomic mass is 10.0. The summed E-state index contributed by atoms with van der Waals surface area (Å²) in [4.78, 5) is 15.8. The maximum atomic E-state index is 11.7. The zero-order valence-electron chi connectivity index (χ0n) is 9.45. The number of nitrogens with one attached hydrogen (secondary N) is 2. The molecule has 2 rings (SSSR count). The van der Waals surface area contributed by atoms with Gasteiger partial charge in [0.25, 0.3) is 0 Å². The quantitative estimate of drug-likeness (QED) is 0.793. The summed E-state index contributed by atoms with van der Waals surface area (Å²) < 4.78 is 5.27. The predicted molar refractivity (Wildman–Crippen MR) is 58.7 cm³/mol. The summed E-state index contributed by atoms with van der Waals surface area (Å²) in [6, 6.07) is -0.0511. The van der Waals surface area contributed by atoms with Crippen molar-refractivity contribution in [1.29, 1.82) is 0 Å². The first-order chi connectivity index (χ1) is 7.75. The molecule has 0 saturated carbocycles. The van der Waals surface area contributed by atoms with Gasteiger partial charge in [-0.2, -0.15) is 0 Å². The van der Waals surface area contributed by atoms with E-state index in [0.717, 1.165) is 31.6 Å². The fourth-order valence-corrected chi connectivity index (χ4v) is 1.84. The molecule has 16 heavy (non-hydrogen) atoms. The molecule has 2 heterocycles. The van der Waals surface area contributed by atoms with Crippen molar-refractivity contribution in [3.63, 3.8) is 0 Å². The van der Waals surface area contributed by atoms with E-state index in [9.17, 15) is 4.79 Å². The van der Waals surface area contributed by atoms with Gasteiger partial charge in [0, 0.05) is 0 Å². The molecule has 0 spiro atoms. The second-order valence-electron chi connectivity index (χ2n) is 4.08. The molecule has 1 aromatic rings. The molecule has 1 aromatic heterocycles. The summed E-state index contributed by atoms with van der Waals surface area (Å²) in [5.41, 5.74) is 0. The lowest BCUT2D eigenvalue weighted by Crippen LogP contribution is -2.46. The summed E-state index contributed by atoms with van der Waals surface area (Å²) in [5.74, 6) is 1.36. The molecule has 1 amide bonds. The van der Waals surface area contributed by atoms with Crippen molar-refractivity contribution in [1.82, 2.24) is 15.6 Å². The van der Waals surface area contributed by atoms with Crippen molar-refractivity contribution in [3.05, 3.63) is 17.8 Å². The fraction of sp³-hybridized carbons (Fsp3) is 0.636. The van der Waals surface area contributed by atoms with Gasteiger partial charge in [-0.15, -0.1) is 0 Å². The van der Waals surface area contributed by atoms with E-state index in [-0.39, 0.29) is 11.9 Å². The number of nitrogens with zero attached hydrogens (tertiary/aromatic N) is 1. The van der Waals surface area contributed by atoms with Crippen LogP contribution in [-0.2, 0) is 11.3 Å². The Labute approximate surface area is 94.6 Å². The summed E-state index contributed by atoms with van der Waals surface area (Å²) >= 11 is 0. The van der Waals surface area contributed by atoms with Crippen LogP contribution in [-0.4, -0.2) is 23.5 Å². The lowest BCUT2D eigenvalue weighted by molar-refractivity contribution is -0.123. The Morgan fingerprint density at radius 1 is 1.69 bits per heavy atom. The van der Waals surface area contributed by atoms with Gasteiger partial charge in [0.05, 0.1) is 18.8 Å². The van der Waals surface area contributed by atoms with Gasteiger partial charge in [0.1, 0.15) is 5.76 Å². The Hall–Kier alpha value is -1.36. The number of carbonyl (C=O) groups excluding carboxylic acids is 1. The van der Waals surface area contributed by atoms with E-state index in [1.165, 1.54) is 0 Å². The normalized spacial score (nSPS) is 20.7. The molecule has 1 unspecified atom stereocenters. The van der Waals surface area contributed by atoms with E-state index in [2.05, 4.69) is 15.6 Å². The minimum Gasteiger partial charge on any atom is -0.444 e. The number of carbonyl (C=O) groups is 1. The Balaban J connectivity index is 1.78. The third-order valence-electron chi connectivity index (χ3n) is 2.71. The molecule has 2 N–H and O–H groups in total. The number of piperidine rings is 1. The highest BCUT2D eigenvalue weighted by atomic mass is 16.4. The minimum absolute atomic E-state index is 0.0375. The van der Waals surface area contributed by atoms with Gasteiger partial charge < -0.3 is 15.1 Å². The van der Waals surface area contributed by atoms with E-state index < -0.39 is 0 Å². The van der Waals surface area contributed by atoms with Gasteiger partial charge in [-0.1, -0.05) is 6.42 Å². The van der Waals surface area contributed by atoms with E-state index in [0.29, 0.717) is 12.4 Å². The van der Waals surface area contributed by atoms with Crippen LogP contribution in [0.2, 0.25) is 0 Å². The zero-order valence-corrected chi connectivity index (χ0v) is 9.45. The van der Waals surface area contributed by atoms with E-state index >= 15 is 0 Å². The summed E-state index contributed by atoms with van der Waals surface area (Å²) in [6.45, 7) is 3.13. The highest BCUT2D eigenvalue weighted by Crippen LogP contribution is 2.07. The van der Waals surface area contributed by atoms with Crippen molar-refractivity contribution in [3.8, 4) is 0 Å². The van der Waals surface area contributed by atoms with Crippen LogP contribution in [0.3, 0.4) is 0 Å². The molecule has 88 valence electrons. The highest BCUT2D eigenvalue weighted by Gasteiger charge is 2.20. The minimum atomic E-state index is -0.0511. The second-order valence-corrected chi connectivity index (χ2v) is 4.08. The Kier molecular flexibility index (Phi) is 3.56. The van der Waals surface area contributed by atoms with E-state index in [1.54, 1.807) is 6.20 Å². The first-order valence-corrected chi connectivity index (χ1v) is 5.68. The first kappa shape index (κ1) is 11.1. The van der Waals surface area contributed by atoms with Gasteiger partial charge in [-0.3, -0.25) is 4.79 Å². The molecule has 1 atom stereocenters. The molecule has 5 nitrogen and oxygen atoms in total. The highest BCUT2D eigenvalue weighted by molar-refractivity contribution is 5.81. The number of rotatable bonds is 3. The standard InChI is InChI=1S/C11H17N3O2/c1-8-6-13-10(16-8)7-14-11(15)9-4-2-3-5-12-9/h6,9,12H,2-5,7H2,1H3,(H,14,15). The monoisotopic (exact) mass is 223 g/mol. The van der Waals surface area contributed by atoms with Gasteiger partial charge in [-0.25, -0.2) is 4.98 Å². The van der Waals surface area contributed by atoms with Crippen molar-refractivity contribution in [2.75, 3.05) is 6.54 Å². The largest absolute Gasteiger partial charge is 0.444 e. The molecule has 0 bridgehead atoms. The number of oxazole rings is 1. The Morgan fingerprint density at radius 3 is 3.19 bits per heavy atom. The SMILES string of the molecule is Cc1cnc(CNC(=O)C2CCCCN2)o1. The number of aryl methyl sites for hydroxylation is 1. The van der Waals surface area contributed by atoms with E-state index in [1.807, 2.05) is 6.92 Å². The van der Waals surface area contributed by atoms with Gasteiger partial charge in [0.15, 0.2) is 0 Å². The second kappa shape index (κ2) is 5.12. The maximum absolute atomic E-state index is 11.7. The molecule has 0 radical (unpaired) electrons. The summed E-state index contributed by atoms with van der Waals surface area (Å²) in [7, 11) is 0.